The number of primary amides is 1. The first-order valence-electron chi connectivity index (χ1n) is 7.44. The molecule has 1 aromatic carbocycles. The maximum Gasteiger partial charge on any atom is 0.225 e. The molecule has 1 aliphatic carbocycles. The molecule has 120 valence electrons. The highest BCUT2D eigenvalue weighted by Crippen LogP contribution is 2.33. The summed E-state index contributed by atoms with van der Waals surface area (Å²) in [5, 5.41) is 2.75. The van der Waals surface area contributed by atoms with Crippen molar-refractivity contribution < 1.29 is 18.7 Å². The van der Waals surface area contributed by atoms with Gasteiger partial charge in [-0.05, 0) is 37.5 Å². The zero-order valence-corrected chi connectivity index (χ0v) is 12.5. The van der Waals surface area contributed by atoms with Gasteiger partial charge in [0.25, 0.3) is 0 Å². The fourth-order valence-electron chi connectivity index (χ4n) is 2.38. The second-order valence-electron chi connectivity index (χ2n) is 5.51. The van der Waals surface area contributed by atoms with E-state index < -0.39 is 11.8 Å². The van der Waals surface area contributed by atoms with E-state index >= 15 is 0 Å². The van der Waals surface area contributed by atoms with E-state index in [0.29, 0.717) is 13.0 Å². The Balaban J connectivity index is 1.83. The normalized spacial score (nSPS) is 21.2. The number of nitrogens with two attached hydrogens (primary N) is 1. The third kappa shape index (κ3) is 4.53. The summed E-state index contributed by atoms with van der Waals surface area (Å²) in [6.07, 6.45) is 1.09. The van der Waals surface area contributed by atoms with Gasteiger partial charge in [0, 0.05) is 13.2 Å². The Morgan fingerprint density at radius 2 is 2.09 bits per heavy atom. The molecule has 0 spiro atoms. The number of rotatable bonds is 8. The van der Waals surface area contributed by atoms with Gasteiger partial charge in [0.15, 0.2) is 0 Å². The van der Waals surface area contributed by atoms with Gasteiger partial charge < -0.3 is 15.8 Å². The topological polar surface area (TPSA) is 81.4 Å². The van der Waals surface area contributed by atoms with E-state index in [-0.39, 0.29) is 30.3 Å². The van der Waals surface area contributed by atoms with Gasteiger partial charge in [-0.15, -0.1) is 0 Å². The Morgan fingerprint density at radius 1 is 1.41 bits per heavy atom. The van der Waals surface area contributed by atoms with Crippen LogP contribution in [0.15, 0.2) is 24.3 Å². The van der Waals surface area contributed by atoms with Gasteiger partial charge in [0.05, 0.1) is 17.9 Å². The molecule has 0 bridgehead atoms. The second-order valence-corrected chi connectivity index (χ2v) is 5.51. The summed E-state index contributed by atoms with van der Waals surface area (Å²) in [6, 6.07) is 5.89. The van der Waals surface area contributed by atoms with Crippen molar-refractivity contribution in [2.24, 2.45) is 17.6 Å². The van der Waals surface area contributed by atoms with Crippen LogP contribution in [0.1, 0.15) is 18.9 Å². The summed E-state index contributed by atoms with van der Waals surface area (Å²) in [6.45, 7) is 2.66. The molecule has 22 heavy (non-hydrogen) atoms. The van der Waals surface area contributed by atoms with Crippen molar-refractivity contribution in [3.8, 4) is 0 Å². The van der Waals surface area contributed by atoms with Gasteiger partial charge in [-0.2, -0.15) is 0 Å². The molecule has 0 heterocycles. The Kier molecular flexibility index (Phi) is 5.49. The van der Waals surface area contributed by atoms with Crippen LogP contribution in [0.4, 0.5) is 4.39 Å². The fourth-order valence-corrected chi connectivity index (χ4v) is 2.38. The van der Waals surface area contributed by atoms with Crippen LogP contribution in [0.25, 0.3) is 0 Å². The summed E-state index contributed by atoms with van der Waals surface area (Å²) in [5.41, 5.74) is 6.18. The molecule has 0 saturated heterocycles. The predicted molar refractivity (Wildman–Crippen MR) is 79.3 cm³/mol. The number of halogens is 1. The maximum atomic E-state index is 12.9. The maximum absolute atomic E-state index is 12.9. The highest BCUT2D eigenvalue weighted by molar-refractivity contribution is 5.83. The molecule has 0 aromatic heterocycles. The van der Waals surface area contributed by atoms with Gasteiger partial charge >= 0.3 is 0 Å². The van der Waals surface area contributed by atoms with Crippen LogP contribution in [0.2, 0.25) is 0 Å². The SMILES string of the molecule is CCO[C@@H]1C[C@H]1C(=O)NC[C@H](Cc1ccc(F)cc1)C(N)=O. The molecule has 6 heteroatoms. The van der Waals surface area contributed by atoms with E-state index in [2.05, 4.69) is 5.32 Å². The van der Waals surface area contributed by atoms with Crippen molar-refractivity contribution in [3.63, 3.8) is 0 Å². The third-order valence-corrected chi connectivity index (χ3v) is 3.77. The summed E-state index contributed by atoms with van der Waals surface area (Å²) in [7, 11) is 0. The highest BCUT2D eigenvalue weighted by atomic mass is 19.1. The van der Waals surface area contributed by atoms with Gasteiger partial charge in [-0.1, -0.05) is 12.1 Å². The van der Waals surface area contributed by atoms with E-state index in [1.165, 1.54) is 12.1 Å². The van der Waals surface area contributed by atoms with Gasteiger partial charge in [0.1, 0.15) is 5.82 Å². The van der Waals surface area contributed by atoms with Gasteiger partial charge in [-0.3, -0.25) is 9.59 Å². The lowest BCUT2D eigenvalue weighted by atomic mass is 9.98. The first-order valence-corrected chi connectivity index (χ1v) is 7.44. The van der Waals surface area contributed by atoms with Crippen LogP contribution >= 0.6 is 0 Å². The van der Waals surface area contributed by atoms with Crippen LogP contribution in [-0.2, 0) is 20.7 Å². The Morgan fingerprint density at radius 3 is 2.68 bits per heavy atom. The van der Waals surface area contributed by atoms with E-state index in [0.717, 1.165) is 12.0 Å². The monoisotopic (exact) mass is 308 g/mol. The number of benzene rings is 1. The molecule has 0 unspecified atom stereocenters. The quantitative estimate of drug-likeness (QED) is 0.752. The van der Waals surface area contributed by atoms with Crippen molar-refractivity contribution in [2.45, 2.75) is 25.9 Å². The van der Waals surface area contributed by atoms with Crippen molar-refractivity contribution in [2.75, 3.05) is 13.2 Å². The zero-order chi connectivity index (χ0) is 16.1. The average molecular weight is 308 g/mol. The minimum Gasteiger partial charge on any atom is -0.378 e. The predicted octanol–water partition coefficient (Wildman–Crippen LogP) is 1.01. The summed E-state index contributed by atoms with van der Waals surface area (Å²) in [5.74, 6) is -1.56. The fraction of sp³-hybridized carbons (Fsp3) is 0.500. The van der Waals surface area contributed by atoms with Crippen LogP contribution in [-0.4, -0.2) is 31.1 Å². The highest BCUT2D eigenvalue weighted by Gasteiger charge is 2.43. The Labute approximate surface area is 129 Å². The molecule has 0 radical (unpaired) electrons. The van der Waals surface area contributed by atoms with Crippen molar-refractivity contribution in [1.29, 1.82) is 0 Å². The lowest BCUT2D eigenvalue weighted by Crippen LogP contribution is -2.38. The molecular weight excluding hydrogens is 287 g/mol. The van der Waals surface area contributed by atoms with E-state index in [9.17, 15) is 14.0 Å². The number of amides is 2. The number of ether oxygens (including phenoxy) is 1. The Bertz CT molecular complexity index is 533. The molecule has 1 aliphatic rings. The molecule has 1 aromatic rings. The molecular formula is C16H21FN2O3. The van der Waals surface area contributed by atoms with Crippen molar-refractivity contribution in [1.82, 2.24) is 5.32 Å². The van der Waals surface area contributed by atoms with E-state index in [4.69, 9.17) is 10.5 Å². The number of hydrogen-bond acceptors (Lipinski definition) is 3. The molecule has 1 saturated carbocycles. The molecule has 2 rings (SSSR count). The molecule has 3 atom stereocenters. The average Bonchev–Trinajstić information content (AvgIpc) is 3.24. The smallest absolute Gasteiger partial charge is 0.225 e. The molecule has 5 nitrogen and oxygen atoms in total. The largest absolute Gasteiger partial charge is 0.378 e. The lowest BCUT2D eigenvalue weighted by Gasteiger charge is -2.14. The standard InChI is InChI=1S/C16H21FN2O3/c1-2-22-14-8-13(14)16(21)19-9-11(15(18)20)7-10-3-5-12(17)6-4-10/h3-6,11,13-14H,2,7-9H2,1H3,(H2,18,20)(H,19,21)/t11-,13+,14+/m0/s1. The number of nitrogens with one attached hydrogen (secondary N) is 1. The Hall–Kier alpha value is -1.95. The molecule has 3 N–H and O–H groups in total. The summed E-state index contributed by atoms with van der Waals surface area (Å²) in [4.78, 5) is 23.4. The zero-order valence-electron chi connectivity index (χ0n) is 12.5. The van der Waals surface area contributed by atoms with Crippen LogP contribution in [0.3, 0.4) is 0 Å². The number of carbonyl (C=O) groups excluding carboxylic acids is 2. The number of hydrogen-bond donors (Lipinski definition) is 2. The lowest BCUT2D eigenvalue weighted by molar-refractivity contribution is -0.124. The van der Waals surface area contributed by atoms with E-state index in [1.807, 2.05) is 6.92 Å². The molecule has 2 amide bonds. The molecule has 0 aliphatic heterocycles. The van der Waals surface area contributed by atoms with Gasteiger partial charge in [-0.25, -0.2) is 4.39 Å². The van der Waals surface area contributed by atoms with Crippen molar-refractivity contribution >= 4 is 11.8 Å². The van der Waals surface area contributed by atoms with Gasteiger partial charge in [0.2, 0.25) is 11.8 Å². The third-order valence-electron chi connectivity index (χ3n) is 3.77. The van der Waals surface area contributed by atoms with Crippen molar-refractivity contribution in [3.05, 3.63) is 35.6 Å². The summed E-state index contributed by atoms with van der Waals surface area (Å²) >= 11 is 0. The molecule has 1 fully saturated rings. The first-order chi connectivity index (χ1) is 10.5. The minimum absolute atomic E-state index is 0.00544. The number of carbonyl (C=O) groups is 2. The first kappa shape index (κ1) is 16.4. The van der Waals surface area contributed by atoms with Crippen LogP contribution in [0.5, 0.6) is 0 Å². The van der Waals surface area contributed by atoms with Crippen LogP contribution in [0, 0.1) is 17.7 Å². The van der Waals surface area contributed by atoms with E-state index in [1.54, 1.807) is 12.1 Å². The summed E-state index contributed by atoms with van der Waals surface area (Å²) < 4.78 is 18.2. The minimum atomic E-state index is -0.515. The van der Waals surface area contributed by atoms with Crippen LogP contribution < -0.4 is 11.1 Å². The second kappa shape index (κ2) is 7.35.